The monoisotopic (exact) mass is 631 g/mol. The van der Waals surface area contributed by atoms with Crippen molar-refractivity contribution in [2.45, 2.75) is 51.5 Å². The number of hydrogen-bond donors (Lipinski definition) is 2. The highest BCUT2D eigenvalue weighted by Crippen LogP contribution is 2.24. The van der Waals surface area contributed by atoms with Crippen molar-refractivity contribution < 1.29 is 32.0 Å². The third kappa shape index (κ3) is 10.4. The molecule has 4 aromatic rings. The minimum absolute atomic E-state index is 0.0467. The number of benzene rings is 3. The molecule has 3 aromatic carbocycles. The maximum absolute atomic E-state index is 12.7. The summed E-state index contributed by atoms with van der Waals surface area (Å²) >= 11 is 0. The molecular formula is C34H37N3O7S. The Morgan fingerprint density at radius 2 is 1.40 bits per heavy atom. The van der Waals surface area contributed by atoms with Gasteiger partial charge in [0.2, 0.25) is 0 Å². The number of ether oxygens (including phenoxy) is 1. The molecule has 0 unspecified atom stereocenters. The third-order valence-electron chi connectivity index (χ3n) is 6.98. The molecule has 236 valence electrons. The molecule has 0 aliphatic rings. The number of rotatable bonds is 16. The zero-order valence-electron chi connectivity index (χ0n) is 25.3. The molecule has 0 saturated heterocycles. The van der Waals surface area contributed by atoms with Gasteiger partial charge in [-0.1, -0.05) is 69.0 Å². The van der Waals surface area contributed by atoms with Crippen molar-refractivity contribution in [2.24, 2.45) is 0 Å². The first-order chi connectivity index (χ1) is 21.6. The first-order valence-corrected chi connectivity index (χ1v) is 16.6. The molecule has 0 fully saturated rings. The molecule has 0 saturated carbocycles. The van der Waals surface area contributed by atoms with Crippen molar-refractivity contribution in [3.63, 3.8) is 0 Å². The Bertz CT molecular complexity index is 1660. The lowest BCUT2D eigenvalue weighted by atomic mass is 10.0. The van der Waals surface area contributed by atoms with Gasteiger partial charge in [0.05, 0.1) is 12.9 Å². The minimum Gasteiger partial charge on any atom is -0.494 e. The van der Waals surface area contributed by atoms with Gasteiger partial charge in [0.1, 0.15) is 17.5 Å². The fraction of sp³-hybridized carbons (Fsp3) is 0.294. The third-order valence-corrected chi connectivity index (χ3v) is 7.47. The lowest BCUT2D eigenvalue weighted by molar-refractivity contribution is -0.139. The Kier molecular flexibility index (Phi) is 11.6. The predicted octanol–water partition coefficient (Wildman–Crippen LogP) is 5.92. The zero-order chi connectivity index (χ0) is 32.2. The van der Waals surface area contributed by atoms with Crippen LogP contribution in [0, 0.1) is 0 Å². The fourth-order valence-corrected chi connectivity index (χ4v) is 5.03. The van der Waals surface area contributed by atoms with Crippen molar-refractivity contribution in [3.8, 4) is 34.0 Å². The molecule has 2 N–H and O–H groups in total. The summed E-state index contributed by atoms with van der Waals surface area (Å²) in [6, 6.07) is 19.2. The van der Waals surface area contributed by atoms with E-state index in [0.717, 1.165) is 35.1 Å². The Morgan fingerprint density at radius 1 is 0.800 bits per heavy atom. The van der Waals surface area contributed by atoms with Crippen LogP contribution < -0.4 is 14.2 Å². The average molecular weight is 632 g/mol. The molecule has 0 aliphatic carbocycles. The highest BCUT2D eigenvalue weighted by atomic mass is 32.2. The topological polar surface area (TPSA) is 145 Å². The van der Waals surface area contributed by atoms with Crippen molar-refractivity contribution in [3.05, 3.63) is 96.3 Å². The van der Waals surface area contributed by atoms with E-state index < -0.39 is 28.0 Å². The summed E-state index contributed by atoms with van der Waals surface area (Å²) in [4.78, 5) is 33.6. The average Bonchev–Trinajstić information content (AvgIpc) is 3.02. The smallest absolute Gasteiger partial charge is 0.326 e. The van der Waals surface area contributed by atoms with E-state index in [1.54, 1.807) is 36.7 Å². The largest absolute Gasteiger partial charge is 0.494 e. The first kappa shape index (κ1) is 33.1. The van der Waals surface area contributed by atoms with Crippen molar-refractivity contribution in [2.75, 3.05) is 12.9 Å². The standard InChI is InChI=1S/C34H37N3O7S/c1-3-4-5-6-7-20-43-29-16-12-25(13-17-29)28-22-35-32(36-23-28)26-10-8-24(9-11-26)21-31(34(39)40)37-33(38)27-14-18-30(19-15-27)44-45(2,41)42/h8-19,22-23,31H,3-7,20-21H2,1-2H3,(H,37,38)(H,39,40)/t31-/m0/s1. The molecule has 0 spiro atoms. The van der Waals surface area contributed by atoms with Gasteiger partial charge in [0.15, 0.2) is 5.82 Å². The fourth-order valence-electron chi connectivity index (χ4n) is 4.57. The highest BCUT2D eigenvalue weighted by Gasteiger charge is 2.21. The summed E-state index contributed by atoms with van der Waals surface area (Å²) < 4.78 is 33.1. The van der Waals surface area contributed by atoms with Gasteiger partial charge in [0, 0.05) is 35.5 Å². The lowest BCUT2D eigenvalue weighted by Crippen LogP contribution is -2.42. The molecule has 0 aliphatic heterocycles. The Hall–Kier alpha value is -4.77. The van der Waals surface area contributed by atoms with Crippen LogP contribution in [0.1, 0.15) is 54.9 Å². The van der Waals surface area contributed by atoms with E-state index in [4.69, 9.17) is 8.92 Å². The molecule has 1 heterocycles. The molecule has 1 amide bonds. The summed E-state index contributed by atoms with van der Waals surface area (Å²) in [6.45, 7) is 2.92. The number of carbonyl (C=O) groups is 2. The second-order valence-corrected chi connectivity index (χ2v) is 12.2. The van der Waals surface area contributed by atoms with E-state index in [1.165, 1.54) is 49.9 Å². The number of carboxylic acid groups (broad SMARTS) is 1. The van der Waals surface area contributed by atoms with Crippen LogP contribution in [0.4, 0.5) is 0 Å². The molecular weight excluding hydrogens is 594 g/mol. The maximum atomic E-state index is 12.7. The van der Waals surface area contributed by atoms with Crippen LogP contribution in [0.15, 0.2) is 85.2 Å². The van der Waals surface area contributed by atoms with Gasteiger partial charge >= 0.3 is 16.1 Å². The first-order valence-electron chi connectivity index (χ1n) is 14.8. The molecule has 11 heteroatoms. The van der Waals surface area contributed by atoms with E-state index in [-0.39, 0.29) is 17.7 Å². The number of aromatic nitrogens is 2. The van der Waals surface area contributed by atoms with Crippen molar-refractivity contribution in [1.29, 1.82) is 0 Å². The molecule has 0 bridgehead atoms. The second kappa shape index (κ2) is 15.8. The van der Waals surface area contributed by atoms with Crippen molar-refractivity contribution in [1.82, 2.24) is 15.3 Å². The number of nitrogens with zero attached hydrogens (tertiary/aromatic N) is 2. The van der Waals surface area contributed by atoms with Gasteiger partial charge in [-0.05, 0) is 53.9 Å². The molecule has 1 atom stereocenters. The van der Waals surface area contributed by atoms with Gasteiger partial charge in [-0.2, -0.15) is 8.42 Å². The van der Waals surface area contributed by atoms with Crippen LogP contribution >= 0.6 is 0 Å². The van der Waals surface area contributed by atoms with Gasteiger partial charge in [-0.15, -0.1) is 0 Å². The second-order valence-electron chi connectivity index (χ2n) is 10.7. The van der Waals surface area contributed by atoms with Crippen LogP contribution in [-0.2, 0) is 21.3 Å². The Morgan fingerprint density at radius 3 is 2.00 bits per heavy atom. The van der Waals surface area contributed by atoms with E-state index in [1.807, 2.05) is 24.3 Å². The normalized spacial score (nSPS) is 11.9. The molecule has 45 heavy (non-hydrogen) atoms. The van der Waals surface area contributed by atoms with E-state index in [9.17, 15) is 23.1 Å². The Balaban J connectivity index is 1.32. The number of hydrogen-bond acceptors (Lipinski definition) is 8. The van der Waals surface area contributed by atoms with Gasteiger partial charge in [0.25, 0.3) is 5.91 Å². The van der Waals surface area contributed by atoms with E-state index in [0.29, 0.717) is 18.0 Å². The number of carbonyl (C=O) groups excluding carboxylic acids is 1. The zero-order valence-corrected chi connectivity index (χ0v) is 26.1. The number of carboxylic acids is 1. The van der Waals surface area contributed by atoms with Gasteiger partial charge in [-0.25, -0.2) is 14.8 Å². The predicted molar refractivity (Wildman–Crippen MR) is 172 cm³/mol. The molecule has 0 radical (unpaired) electrons. The number of nitrogens with one attached hydrogen (secondary N) is 1. The summed E-state index contributed by atoms with van der Waals surface area (Å²) in [6.07, 6.45) is 10.5. The van der Waals surface area contributed by atoms with Crippen molar-refractivity contribution >= 4 is 22.0 Å². The number of amides is 1. The summed E-state index contributed by atoms with van der Waals surface area (Å²) in [5, 5.41) is 12.2. The molecule has 1 aromatic heterocycles. The van der Waals surface area contributed by atoms with E-state index >= 15 is 0 Å². The summed E-state index contributed by atoms with van der Waals surface area (Å²) in [5.74, 6) is -0.388. The SMILES string of the molecule is CCCCCCCOc1ccc(-c2cnc(-c3ccc(C[C@H](NC(=O)c4ccc(OS(C)(=O)=O)cc4)C(=O)O)cc3)nc2)cc1. The number of aliphatic carboxylic acids is 1. The lowest BCUT2D eigenvalue weighted by Gasteiger charge is -2.15. The van der Waals surface area contributed by atoms with Gasteiger partial charge < -0.3 is 19.3 Å². The Labute approximate surface area is 263 Å². The number of unbranched alkanes of at least 4 members (excludes halogenated alkanes) is 4. The molecule has 10 nitrogen and oxygen atoms in total. The minimum atomic E-state index is -3.71. The quantitative estimate of drug-likeness (QED) is 0.114. The maximum Gasteiger partial charge on any atom is 0.326 e. The summed E-state index contributed by atoms with van der Waals surface area (Å²) in [7, 11) is -3.71. The van der Waals surface area contributed by atoms with E-state index in [2.05, 4.69) is 22.2 Å². The van der Waals surface area contributed by atoms with Crippen LogP contribution in [0.3, 0.4) is 0 Å². The highest BCUT2D eigenvalue weighted by molar-refractivity contribution is 7.86. The van der Waals surface area contributed by atoms with Crippen LogP contribution in [0.5, 0.6) is 11.5 Å². The van der Waals surface area contributed by atoms with Gasteiger partial charge in [-0.3, -0.25) is 4.79 Å². The van der Waals surface area contributed by atoms with Crippen LogP contribution in [0.25, 0.3) is 22.5 Å². The summed E-state index contributed by atoms with van der Waals surface area (Å²) in [5.41, 5.74) is 3.48. The van der Waals surface area contributed by atoms with Crippen LogP contribution in [0.2, 0.25) is 0 Å². The molecule has 4 rings (SSSR count). The van der Waals surface area contributed by atoms with Crippen LogP contribution in [-0.4, -0.2) is 54.3 Å².